The van der Waals surface area contributed by atoms with E-state index in [0.717, 1.165) is 0 Å². The molecule has 0 heterocycles. The van der Waals surface area contributed by atoms with Gasteiger partial charge in [-0.2, -0.15) is 8.42 Å². The first kappa shape index (κ1) is 8.91. The van der Waals surface area contributed by atoms with Crippen LogP contribution in [0.15, 0.2) is 0 Å². The van der Waals surface area contributed by atoms with Crippen LogP contribution in [0.5, 0.6) is 0 Å². The van der Waals surface area contributed by atoms with Crippen LogP contribution in [-0.4, -0.2) is 20.8 Å². The minimum absolute atomic E-state index is 0.0347. The second-order valence-corrected chi connectivity index (χ2v) is 3.45. The van der Waals surface area contributed by atoms with Crippen LogP contribution in [0.25, 0.3) is 0 Å². The van der Waals surface area contributed by atoms with E-state index in [4.69, 9.17) is 0 Å². The van der Waals surface area contributed by atoms with Gasteiger partial charge in [0.2, 0.25) is 0 Å². The van der Waals surface area contributed by atoms with Crippen LogP contribution in [-0.2, 0) is 14.3 Å². The van der Waals surface area contributed by atoms with E-state index in [0.29, 0.717) is 6.42 Å². The zero-order valence-corrected chi connectivity index (χ0v) is 6.28. The molecule has 0 aromatic carbocycles. The Morgan fingerprint density at radius 3 is 2.44 bits per heavy atom. The number of rotatable bonds is 4. The van der Waals surface area contributed by atoms with E-state index in [1.54, 1.807) is 6.92 Å². The fourth-order valence-corrected chi connectivity index (χ4v) is 0.808. The molecule has 9 heavy (non-hydrogen) atoms. The third-order valence-corrected chi connectivity index (χ3v) is 1.99. The van der Waals surface area contributed by atoms with Crippen LogP contribution in [0.2, 0.25) is 0 Å². The normalized spacial score (nSPS) is 11.8. The van der Waals surface area contributed by atoms with Gasteiger partial charge in [-0.1, -0.05) is 6.92 Å². The monoisotopic (exact) mass is 151 g/mol. The van der Waals surface area contributed by atoms with Crippen LogP contribution >= 0.6 is 0 Å². The average molecular weight is 151 g/mol. The van der Waals surface area contributed by atoms with E-state index < -0.39 is 10.1 Å². The first-order chi connectivity index (χ1) is 4.12. The van der Waals surface area contributed by atoms with Crippen LogP contribution in [0.3, 0.4) is 0 Å². The quantitative estimate of drug-likeness (QED) is 0.552. The summed E-state index contributed by atoms with van der Waals surface area (Å²) in [7, 11) is -3.22. The lowest BCUT2D eigenvalue weighted by Gasteiger charge is -1.98. The molecule has 1 radical (unpaired) electrons. The van der Waals surface area contributed by atoms with Crippen LogP contribution in [0, 0.1) is 6.92 Å². The largest absolute Gasteiger partial charge is 0.270 e. The maximum Gasteiger partial charge on any atom is 0.267 e. The van der Waals surface area contributed by atoms with Crippen molar-refractivity contribution in [2.24, 2.45) is 0 Å². The molecule has 0 aliphatic carbocycles. The van der Waals surface area contributed by atoms with Gasteiger partial charge in [-0.05, 0) is 13.3 Å². The summed E-state index contributed by atoms with van der Waals surface area (Å²) in [5, 5.41) is 0. The van der Waals surface area contributed by atoms with Crippen molar-refractivity contribution < 1.29 is 12.6 Å². The molecule has 55 valence electrons. The zero-order valence-electron chi connectivity index (χ0n) is 5.46. The molecule has 0 unspecified atom stereocenters. The lowest BCUT2D eigenvalue weighted by atomic mass is 10.5. The second kappa shape index (κ2) is 3.85. The molecule has 0 bridgehead atoms. The molecule has 0 saturated heterocycles. The molecule has 3 nitrogen and oxygen atoms in total. The smallest absolute Gasteiger partial charge is 0.267 e. The van der Waals surface area contributed by atoms with Crippen molar-refractivity contribution in [1.29, 1.82) is 0 Å². The molecule has 0 aliphatic heterocycles. The van der Waals surface area contributed by atoms with Crippen molar-refractivity contribution in [3.8, 4) is 0 Å². The van der Waals surface area contributed by atoms with E-state index >= 15 is 0 Å². The van der Waals surface area contributed by atoms with Crippen molar-refractivity contribution >= 4 is 10.1 Å². The highest BCUT2D eigenvalue weighted by atomic mass is 32.2. The average Bonchev–Trinajstić information content (AvgIpc) is 1.84. The maximum atomic E-state index is 10.5. The van der Waals surface area contributed by atoms with Gasteiger partial charge >= 0.3 is 0 Å². The molecule has 0 aliphatic rings. The number of hydrogen-bond donors (Lipinski definition) is 0. The van der Waals surface area contributed by atoms with Crippen LogP contribution in [0.4, 0.5) is 0 Å². The van der Waals surface area contributed by atoms with E-state index in [1.165, 1.54) is 0 Å². The fourth-order valence-electron chi connectivity index (χ4n) is 0.269. The molecule has 0 saturated carbocycles. The van der Waals surface area contributed by atoms with E-state index in [2.05, 4.69) is 11.1 Å². The molecule has 0 amide bonds. The molecule has 0 spiro atoms. The number of hydrogen-bond acceptors (Lipinski definition) is 3. The zero-order chi connectivity index (χ0) is 7.33. The van der Waals surface area contributed by atoms with Gasteiger partial charge in [0.25, 0.3) is 10.1 Å². The summed E-state index contributed by atoms with van der Waals surface area (Å²) in [6.07, 6.45) is 0.485. The van der Waals surface area contributed by atoms with Gasteiger partial charge in [-0.3, -0.25) is 4.18 Å². The Balaban J connectivity index is 3.61. The second-order valence-electron chi connectivity index (χ2n) is 1.52. The van der Waals surface area contributed by atoms with Gasteiger partial charge in [0.15, 0.2) is 0 Å². The molecule has 0 aromatic rings. The van der Waals surface area contributed by atoms with Gasteiger partial charge in [-0.15, -0.1) is 0 Å². The Morgan fingerprint density at radius 2 is 2.11 bits per heavy atom. The predicted molar refractivity (Wildman–Crippen MR) is 35.4 cm³/mol. The molecule has 4 heteroatoms. The Hall–Kier alpha value is -0.0900. The molecular formula is C5H11O3S. The van der Waals surface area contributed by atoms with Gasteiger partial charge in [0.1, 0.15) is 0 Å². The van der Waals surface area contributed by atoms with Crippen LogP contribution in [0.1, 0.15) is 13.3 Å². The molecule has 0 fully saturated rings. The molecule has 0 aromatic heterocycles. The summed E-state index contributed by atoms with van der Waals surface area (Å²) in [4.78, 5) is 0. The van der Waals surface area contributed by atoms with Gasteiger partial charge in [0.05, 0.1) is 12.4 Å². The van der Waals surface area contributed by atoms with Crippen molar-refractivity contribution in [1.82, 2.24) is 0 Å². The molecule has 0 atom stereocenters. The van der Waals surface area contributed by atoms with E-state index in [9.17, 15) is 8.42 Å². The van der Waals surface area contributed by atoms with Gasteiger partial charge in [0, 0.05) is 0 Å². The van der Waals surface area contributed by atoms with Crippen molar-refractivity contribution in [3.63, 3.8) is 0 Å². The highest BCUT2D eigenvalue weighted by Gasteiger charge is 2.04. The SMILES string of the molecule is [CH2]CCOS(=O)(=O)CC. The summed E-state index contributed by atoms with van der Waals surface area (Å²) in [6, 6.07) is 0. The fraction of sp³-hybridized carbons (Fsp3) is 0.800. The predicted octanol–water partition coefficient (Wildman–Crippen LogP) is 0.577. The standard InChI is InChI=1S/C5H11O3S/c1-3-5-8-9(6,7)4-2/h1,3-5H2,2H3. The van der Waals surface area contributed by atoms with Crippen LogP contribution < -0.4 is 0 Å². The lowest BCUT2D eigenvalue weighted by molar-refractivity contribution is 0.325. The Labute approximate surface area is 56.1 Å². The van der Waals surface area contributed by atoms with Gasteiger partial charge in [-0.25, -0.2) is 0 Å². The molecule has 0 N–H and O–H groups in total. The minimum atomic E-state index is -3.22. The Morgan fingerprint density at radius 1 is 1.56 bits per heavy atom. The molecular weight excluding hydrogens is 140 g/mol. The van der Waals surface area contributed by atoms with Crippen molar-refractivity contribution in [3.05, 3.63) is 6.92 Å². The highest BCUT2D eigenvalue weighted by molar-refractivity contribution is 7.86. The molecule has 0 rings (SSSR count). The summed E-state index contributed by atoms with van der Waals surface area (Å²) in [5.74, 6) is 0.0347. The van der Waals surface area contributed by atoms with Crippen molar-refractivity contribution in [2.45, 2.75) is 13.3 Å². The van der Waals surface area contributed by atoms with E-state index in [1.807, 2.05) is 0 Å². The third kappa shape index (κ3) is 4.42. The summed E-state index contributed by atoms with van der Waals surface area (Å²) in [6.45, 7) is 5.16. The topological polar surface area (TPSA) is 43.4 Å². The summed E-state index contributed by atoms with van der Waals surface area (Å²) < 4.78 is 25.5. The van der Waals surface area contributed by atoms with Crippen molar-refractivity contribution in [2.75, 3.05) is 12.4 Å². The van der Waals surface area contributed by atoms with E-state index in [-0.39, 0.29) is 12.4 Å². The Kier molecular flexibility index (Phi) is 3.81. The minimum Gasteiger partial charge on any atom is -0.270 e. The summed E-state index contributed by atoms with van der Waals surface area (Å²) in [5.41, 5.74) is 0. The summed E-state index contributed by atoms with van der Waals surface area (Å²) >= 11 is 0. The third-order valence-electron chi connectivity index (χ3n) is 0.761. The highest BCUT2D eigenvalue weighted by Crippen LogP contribution is 1.92. The van der Waals surface area contributed by atoms with Gasteiger partial charge < -0.3 is 0 Å². The first-order valence-electron chi connectivity index (χ1n) is 2.78. The first-order valence-corrected chi connectivity index (χ1v) is 4.36. The maximum absolute atomic E-state index is 10.5. The Bertz CT molecular complexity index is 148. The lowest BCUT2D eigenvalue weighted by Crippen LogP contribution is -2.08.